The number of imidazole rings is 1. The van der Waals surface area contributed by atoms with E-state index in [-0.39, 0.29) is 24.7 Å². The molecule has 0 fully saturated rings. The third kappa shape index (κ3) is 4.64. The lowest BCUT2D eigenvalue weighted by atomic mass is 10.1. The molecule has 0 aliphatic carbocycles. The molecule has 1 aromatic heterocycles. The smallest absolute Gasteiger partial charge is 0.319 e. The Hall–Kier alpha value is -3.42. The number of para-hydroxylation sites is 1. The lowest BCUT2D eigenvalue weighted by Crippen LogP contribution is -2.27. The molecular weight excluding hydrogens is 366 g/mol. The molecular formula is C20H20F2N4O2. The molecule has 1 amide bonds. The van der Waals surface area contributed by atoms with E-state index in [4.69, 9.17) is 4.74 Å². The van der Waals surface area contributed by atoms with Crippen molar-refractivity contribution < 1.29 is 18.3 Å². The van der Waals surface area contributed by atoms with Crippen molar-refractivity contribution in [1.82, 2.24) is 14.9 Å². The van der Waals surface area contributed by atoms with Crippen molar-refractivity contribution in [3.05, 3.63) is 72.3 Å². The van der Waals surface area contributed by atoms with Crippen molar-refractivity contribution in [3.8, 4) is 5.75 Å². The van der Waals surface area contributed by atoms with Crippen molar-refractivity contribution in [3.63, 3.8) is 0 Å². The number of nitrogens with one attached hydrogen (secondary N) is 2. The quantitative estimate of drug-likeness (QED) is 0.614. The number of aromatic nitrogens is 2. The number of nitrogens with zero attached hydrogens (tertiary/aromatic N) is 2. The average molecular weight is 386 g/mol. The fourth-order valence-corrected chi connectivity index (χ4v) is 2.72. The Labute approximate surface area is 161 Å². The number of rotatable bonds is 8. The highest BCUT2D eigenvalue weighted by Crippen LogP contribution is 2.23. The Kier molecular flexibility index (Phi) is 6.21. The van der Waals surface area contributed by atoms with Crippen LogP contribution in [0.15, 0.2) is 60.9 Å². The van der Waals surface area contributed by atoms with Gasteiger partial charge >= 0.3 is 6.55 Å². The van der Waals surface area contributed by atoms with Gasteiger partial charge in [0.15, 0.2) is 0 Å². The minimum absolute atomic E-state index is 0.194. The van der Waals surface area contributed by atoms with Crippen LogP contribution in [0.1, 0.15) is 22.7 Å². The lowest BCUT2D eigenvalue weighted by molar-refractivity contribution is 0.0670. The molecule has 3 aromatic rings. The first-order valence-corrected chi connectivity index (χ1v) is 8.66. The monoisotopic (exact) mass is 386 g/mol. The van der Waals surface area contributed by atoms with Gasteiger partial charge in [-0.3, -0.25) is 9.36 Å². The van der Waals surface area contributed by atoms with Gasteiger partial charge in [-0.1, -0.05) is 12.1 Å². The summed E-state index contributed by atoms with van der Waals surface area (Å²) in [4.78, 5) is 16.5. The molecule has 8 heteroatoms. The predicted octanol–water partition coefficient (Wildman–Crippen LogP) is 4.00. The van der Waals surface area contributed by atoms with E-state index < -0.39 is 6.55 Å². The van der Waals surface area contributed by atoms with Crippen molar-refractivity contribution in [2.45, 2.75) is 13.0 Å². The predicted molar refractivity (Wildman–Crippen MR) is 102 cm³/mol. The van der Waals surface area contributed by atoms with Gasteiger partial charge in [-0.25, -0.2) is 4.98 Å². The van der Waals surface area contributed by atoms with Crippen LogP contribution < -0.4 is 15.4 Å². The Morgan fingerprint density at radius 1 is 1.18 bits per heavy atom. The number of anilines is 2. The van der Waals surface area contributed by atoms with Crippen LogP contribution in [0, 0.1) is 0 Å². The molecule has 2 aromatic carbocycles. The highest BCUT2D eigenvalue weighted by Gasteiger charge is 2.13. The second kappa shape index (κ2) is 8.98. The van der Waals surface area contributed by atoms with Crippen LogP contribution >= 0.6 is 0 Å². The standard InChI is InChI=1S/C20H20F2N4O2/c1-28-15-8-6-14(7-9-15)25-17-5-3-2-4-16(17)19(27)24-11-10-18-23-12-13-26(18)20(21)22/h2-9,12-13,20,25H,10-11H2,1H3,(H,24,27). The highest BCUT2D eigenvalue weighted by atomic mass is 19.3. The minimum Gasteiger partial charge on any atom is -0.497 e. The normalized spacial score (nSPS) is 10.7. The topological polar surface area (TPSA) is 68.2 Å². The molecule has 0 aliphatic rings. The second-order valence-electron chi connectivity index (χ2n) is 5.93. The third-order valence-electron chi connectivity index (χ3n) is 4.13. The van der Waals surface area contributed by atoms with E-state index in [1.165, 1.54) is 12.4 Å². The molecule has 0 unspecified atom stereocenters. The molecule has 6 nitrogen and oxygen atoms in total. The van der Waals surface area contributed by atoms with Crippen LogP contribution in [0.2, 0.25) is 0 Å². The van der Waals surface area contributed by atoms with Gasteiger partial charge in [-0.05, 0) is 36.4 Å². The molecule has 1 heterocycles. The van der Waals surface area contributed by atoms with E-state index in [0.29, 0.717) is 11.3 Å². The summed E-state index contributed by atoms with van der Waals surface area (Å²) in [5, 5.41) is 5.95. The Balaban J connectivity index is 1.64. The minimum atomic E-state index is -2.65. The highest BCUT2D eigenvalue weighted by molar-refractivity contribution is 6.00. The number of ether oxygens (including phenoxy) is 1. The molecule has 0 atom stereocenters. The third-order valence-corrected chi connectivity index (χ3v) is 4.13. The number of carbonyl (C=O) groups excluding carboxylic acids is 1. The van der Waals surface area contributed by atoms with Crippen LogP contribution in [0.3, 0.4) is 0 Å². The Morgan fingerprint density at radius 3 is 2.64 bits per heavy atom. The number of carbonyl (C=O) groups is 1. The summed E-state index contributed by atoms with van der Waals surface area (Å²) in [6.45, 7) is -2.46. The van der Waals surface area contributed by atoms with Gasteiger partial charge in [-0.2, -0.15) is 8.78 Å². The summed E-state index contributed by atoms with van der Waals surface area (Å²) >= 11 is 0. The fraction of sp³-hybridized carbons (Fsp3) is 0.200. The van der Waals surface area contributed by atoms with E-state index in [9.17, 15) is 13.6 Å². The second-order valence-corrected chi connectivity index (χ2v) is 5.93. The van der Waals surface area contributed by atoms with Gasteiger partial charge in [-0.15, -0.1) is 0 Å². The van der Waals surface area contributed by atoms with Crippen LogP contribution in [-0.2, 0) is 6.42 Å². The summed E-state index contributed by atoms with van der Waals surface area (Å²) in [5.74, 6) is 0.658. The van der Waals surface area contributed by atoms with Gasteiger partial charge in [0, 0.05) is 31.0 Å². The van der Waals surface area contributed by atoms with E-state index in [1.807, 2.05) is 30.3 Å². The maximum atomic E-state index is 12.8. The average Bonchev–Trinajstić information content (AvgIpc) is 3.18. The maximum Gasteiger partial charge on any atom is 0.319 e. The molecule has 0 bridgehead atoms. The van der Waals surface area contributed by atoms with Crippen LogP contribution in [0.4, 0.5) is 20.2 Å². The van der Waals surface area contributed by atoms with Gasteiger partial charge in [0.2, 0.25) is 0 Å². The molecule has 0 saturated carbocycles. The molecule has 0 radical (unpaired) electrons. The van der Waals surface area contributed by atoms with Crippen LogP contribution in [0.25, 0.3) is 0 Å². The first kappa shape index (κ1) is 19.3. The molecule has 2 N–H and O–H groups in total. The summed E-state index contributed by atoms with van der Waals surface area (Å²) in [5.41, 5.74) is 1.90. The number of hydrogen-bond acceptors (Lipinski definition) is 4. The summed E-state index contributed by atoms with van der Waals surface area (Å²) in [7, 11) is 1.59. The summed E-state index contributed by atoms with van der Waals surface area (Å²) in [6, 6.07) is 14.4. The Bertz CT molecular complexity index is 926. The van der Waals surface area contributed by atoms with Crippen molar-refractivity contribution in [1.29, 1.82) is 0 Å². The Morgan fingerprint density at radius 2 is 1.93 bits per heavy atom. The zero-order valence-electron chi connectivity index (χ0n) is 15.2. The molecule has 146 valence electrons. The maximum absolute atomic E-state index is 12.8. The first-order valence-electron chi connectivity index (χ1n) is 8.66. The van der Waals surface area contributed by atoms with Gasteiger partial charge in [0.05, 0.1) is 18.4 Å². The van der Waals surface area contributed by atoms with Crippen molar-refractivity contribution in [2.24, 2.45) is 0 Å². The molecule has 0 aliphatic heterocycles. The van der Waals surface area contributed by atoms with Gasteiger partial charge < -0.3 is 15.4 Å². The van der Waals surface area contributed by atoms with E-state index in [0.717, 1.165) is 16.0 Å². The van der Waals surface area contributed by atoms with E-state index in [2.05, 4.69) is 15.6 Å². The summed E-state index contributed by atoms with van der Waals surface area (Å²) in [6.07, 6.45) is 2.74. The van der Waals surface area contributed by atoms with Crippen LogP contribution in [-0.4, -0.2) is 29.1 Å². The van der Waals surface area contributed by atoms with Gasteiger partial charge in [0.25, 0.3) is 5.91 Å². The zero-order valence-corrected chi connectivity index (χ0v) is 15.2. The molecule has 3 rings (SSSR count). The zero-order chi connectivity index (χ0) is 19.9. The molecule has 0 spiro atoms. The number of hydrogen-bond donors (Lipinski definition) is 2. The molecule has 28 heavy (non-hydrogen) atoms. The van der Waals surface area contributed by atoms with E-state index in [1.54, 1.807) is 25.3 Å². The number of amides is 1. The van der Waals surface area contributed by atoms with Crippen molar-refractivity contribution in [2.75, 3.05) is 19.0 Å². The molecule has 0 saturated heterocycles. The first-order chi connectivity index (χ1) is 13.6. The summed E-state index contributed by atoms with van der Waals surface area (Å²) < 4.78 is 31.6. The number of methoxy groups -OCH3 is 1. The number of alkyl halides is 2. The lowest BCUT2D eigenvalue weighted by Gasteiger charge is -2.13. The van der Waals surface area contributed by atoms with Crippen LogP contribution in [0.5, 0.6) is 5.75 Å². The largest absolute Gasteiger partial charge is 0.497 e. The number of halogens is 2. The SMILES string of the molecule is COc1ccc(Nc2ccccc2C(=O)NCCc2nccn2C(F)F)cc1. The van der Waals surface area contributed by atoms with E-state index >= 15 is 0 Å². The van der Waals surface area contributed by atoms with Crippen molar-refractivity contribution >= 4 is 17.3 Å². The number of benzene rings is 2. The fourth-order valence-electron chi connectivity index (χ4n) is 2.72. The van der Waals surface area contributed by atoms with Gasteiger partial charge in [0.1, 0.15) is 11.6 Å².